The summed E-state index contributed by atoms with van der Waals surface area (Å²) in [5.74, 6) is 0.221. The Morgan fingerprint density at radius 1 is 0.903 bits per heavy atom. The summed E-state index contributed by atoms with van der Waals surface area (Å²) in [4.78, 5) is 11.2. The first-order valence-corrected chi connectivity index (χ1v) is 10.5. The first-order valence-electron chi connectivity index (χ1n) is 10.1. The number of thiocarbonyl (C=S) groups is 1. The zero-order chi connectivity index (χ0) is 21.2. The van der Waals surface area contributed by atoms with Crippen LogP contribution in [-0.2, 0) is 6.54 Å². The second-order valence-electron chi connectivity index (χ2n) is 7.40. The standard InChI is InChI=1S/C24H21N5OS/c30-19-11-9-18(10-12-19)29-23(22(27-24(29)31)20-7-2-4-14-26-20)21-8-5-15-28(21)16-17-6-1-3-13-25-17/h1-15,22-23,30H,16H2,(H,27,31). The Labute approximate surface area is 185 Å². The average molecular weight is 428 g/mol. The fraction of sp³-hybridized carbons (Fsp3) is 0.125. The third-order valence-electron chi connectivity index (χ3n) is 5.45. The zero-order valence-electron chi connectivity index (χ0n) is 16.7. The molecule has 3 aromatic heterocycles. The highest BCUT2D eigenvalue weighted by Crippen LogP contribution is 2.41. The molecule has 0 spiro atoms. The number of nitrogens with zero attached hydrogens (tertiary/aromatic N) is 4. The lowest BCUT2D eigenvalue weighted by molar-refractivity contribution is 0.475. The van der Waals surface area contributed by atoms with Crippen LogP contribution in [0.15, 0.2) is 91.4 Å². The van der Waals surface area contributed by atoms with E-state index in [-0.39, 0.29) is 17.8 Å². The normalized spacial score (nSPS) is 18.2. The van der Waals surface area contributed by atoms with E-state index in [0.29, 0.717) is 11.7 Å². The smallest absolute Gasteiger partial charge is 0.174 e. The topological polar surface area (TPSA) is 66.2 Å². The molecule has 2 atom stereocenters. The van der Waals surface area contributed by atoms with E-state index in [1.807, 2.05) is 60.8 Å². The monoisotopic (exact) mass is 427 g/mol. The number of hydrogen-bond acceptors (Lipinski definition) is 4. The summed E-state index contributed by atoms with van der Waals surface area (Å²) in [6, 6.07) is 22.9. The molecule has 1 saturated heterocycles. The summed E-state index contributed by atoms with van der Waals surface area (Å²) >= 11 is 5.76. The van der Waals surface area contributed by atoms with Gasteiger partial charge in [0.2, 0.25) is 0 Å². The number of nitrogens with one attached hydrogen (secondary N) is 1. The maximum absolute atomic E-state index is 9.77. The molecular weight excluding hydrogens is 406 g/mol. The van der Waals surface area contributed by atoms with Crippen molar-refractivity contribution in [3.05, 3.63) is 108 Å². The van der Waals surface area contributed by atoms with Gasteiger partial charge < -0.3 is 19.9 Å². The van der Waals surface area contributed by atoms with Crippen LogP contribution in [0.3, 0.4) is 0 Å². The molecule has 1 aromatic carbocycles. The van der Waals surface area contributed by atoms with Crippen LogP contribution in [0, 0.1) is 0 Å². The molecule has 6 nitrogen and oxygen atoms in total. The number of phenolic OH excluding ortho intramolecular Hbond substituents is 1. The van der Waals surface area contributed by atoms with E-state index in [2.05, 4.69) is 37.0 Å². The summed E-state index contributed by atoms with van der Waals surface area (Å²) in [6.45, 7) is 0.658. The number of hydrogen-bond donors (Lipinski definition) is 2. The van der Waals surface area contributed by atoms with Gasteiger partial charge in [-0.25, -0.2) is 0 Å². The van der Waals surface area contributed by atoms with Crippen molar-refractivity contribution in [2.24, 2.45) is 0 Å². The van der Waals surface area contributed by atoms with Gasteiger partial charge in [-0.05, 0) is 72.9 Å². The molecule has 1 fully saturated rings. The van der Waals surface area contributed by atoms with Crippen LogP contribution < -0.4 is 10.2 Å². The highest BCUT2D eigenvalue weighted by Gasteiger charge is 2.42. The van der Waals surface area contributed by atoms with Crippen molar-refractivity contribution in [3.63, 3.8) is 0 Å². The van der Waals surface area contributed by atoms with E-state index >= 15 is 0 Å². The van der Waals surface area contributed by atoms with E-state index in [4.69, 9.17) is 12.2 Å². The molecule has 5 rings (SSSR count). The summed E-state index contributed by atoms with van der Waals surface area (Å²) in [7, 11) is 0. The van der Waals surface area contributed by atoms with E-state index < -0.39 is 0 Å². The molecule has 4 aromatic rings. The Hall–Kier alpha value is -3.71. The van der Waals surface area contributed by atoms with E-state index in [1.54, 1.807) is 18.3 Å². The van der Waals surface area contributed by atoms with Crippen LogP contribution >= 0.6 is 12.2 Å². The third kappa shape index (κ3) is 3.75. The van der Waals surface area contributed by atoms with Crippen LogP contribution in [0.1, 0.15) is 29.2 Å². The number of aromatic nitrogens is 3. The zero-order valence-corrected chi connectivity index (χ0v) is 17.5. The summed E-state index contributed by atoms with van der Waals surface area (Å²) in [6.07, 6.45) is 5.67. The van der Waals surface area contributed by atoms with Gasteiger partial charge in [0.15, 0.2) is 5.11 Å². The molecule has 2 N–H and O–H groups in total. The molecular formula is C24H21N5OS. The molecule has 7 heteroatoms. The average Bonchev–Trinajstić information content (AvgIpc) is 3.39. The lowest BCUT2D eigenvalue weighted by Crippen LogP contribution is -2.30. The number of pyridine rings is 2. The maximum Gasteiger partial charge on any atom is 0.174 e. The van der Waals surface area contributed by atoms with Gasteiger partial charge in [0.1, 0.15) is 11.8 Å². The van der Waals surface area contributed by atoms with E-state index in [9.17, 15) is 5.11 Å². The fourth-order valence-electron chi connectivity index (χ4n) is 4.05. The van der Waals surface area contributed by atoms with Crippen molar-refractivity contribution in [1.82, 2.24) is 19.9 Å². The number of benzene rings is 1. The first-order chi connectivity index (χ1) is 15.2. The third-order valence-corrected chi connectivity index (χ3v) is 5.77. The Bertz CT molecular complexity index is 1180. The van der Waals surface area contributed by atoms with Gasteiger partial charge >= 0.3 is 0 Å². The van der Waals surface area contributed by atoms with Gasteiger partial charge in [-0.3, -0.25) is 9.97 Å². The van der Waals surface area contributed by atoms with E-state index in [0.717, 1.165) is 22.8 Å². The largest absolute Gasteiger partial charge is 0.508 e. The van der Waals surface area contributed by atoms with Crippen molar-refractivity contribution in [3.8, 4) is 5.75 Å². The number of anilines is 1. The highest BCUT2D eigenvalue weighted by molar-refractivity contribution is 7.80. The minimum absolute atomic E-state index is 0.120. The Kier molecular flexibility index (Phi) is 5.09. The van der Waals surface area contributed by atoms with Gasteiger partial charge in [0.25, 0.3) is 0 Å². The van der Waals surface area contributed by atoms with Crippen LogP contribution in [0.25, 0.3) is 0 Å². The summed E-state index contributed by atoms with van der Waals surface area (Å²) in [5, 5.41) is 13.9. The van der Waals surface area contributed by atoms with Crippen LogP contribution in [0.2, 0.25) is 0 Å². The molecule has 1 aliphatic heterocycles. The Morgan fingerprint density at radius 2 is 1.68 bits per heavy atom. The van der Waals surface area contributed by atoms with Crippen molar-refractivity contribution in [1.29, 1.82) is 0 Å². The number of rotatable bonds is 5. The molecule has 1 aliphatic rings. The summed E-state index contributed by atoms with van der Waals surface area (Å²) < 4.78 is 2.20. The molecule has 0 amide bonds. The van der Waals surface area contributed by atoms with Crippen molar-refractivity contribution >= 4 is 23.0 Å². The van der Waals surface area contributed by atoms with Crippen LogP contribution in [0.5, 0.6) is 5.75 Å². The molecule has 2 unspecified atom stereocenters. The Morgan fingerprint density at radius 3 is 2.39 bits per heavy atom. The van der Waals surface area contributed by atoms with Crippen molar-refractivity contribution in [2.45, 2.75) is 18.6 Å². The lowest BCUT2D eigenvalue weighted by Gasteiger charge is -2.29. The molecule has 31 heavy (non-hydrogen) atoms. The molecule has 154 valence electrons. The van der Waals surface area contributed by atoms with Crippen molar-refractivity contribution < 1.29 is 5.11 Å². The van der Waals surface area contributed by atoms with Crippen LogP contribution in [0.4, 0.5) is 5.69 Å². The van der Waals surface area contributed by atoms with Gasteiger partial charge in [-0.2, -0.15) is 0 Å². The predicted octanol–water partition coefficient (Wildman–Crippen LogP) is 4.21. The number of aromatic hydroxyl groups is 1. The SMILES string of the molecule is Oc1ccc(N2C(=S)NC(c3ccccn3)C2c2cccn2Cc2ccccn2)cc1. The van der Waals surface area contributed by atoms with Gasteiger partial charge in [0.05, 0.1) is 24.0 Å². The second kappa shape index (κ2) is 8.20. The lowest BCUT2D eigenvalue weighted by atomic mass is 10.0. The first kappa shape index (κ1) is 19.3. The minimum atomic E-state index is -0.125. The molecule has 0 radical (unpaired) electrons. The molecule has 4 heterocycles. The van der Waals surface area contributed by atoms with Gasteiger partial charge in [0, 0.05) is 30.0 Å². The van der Waals surface area contributed by atoms with Gasteiger partial charge in [-0.15, -0.1) is 0 Å². The van der Waals surface area contributed by atoms with E-state index in [1.165, 1.54) is 0 Å². The van der Waals surface area contributed by atoms with Gasteiger partial charge in [-0.1, -0.05) is 12.1 Å². The van der Waals surface area contributed by atoms with Crippen LogP contribution in [-0.4, -0.2) is 24.8 Å². The Balaban J connectivity index is 1.60. The summed E-state index contributed by atoms with van der Waals surface area (Å²) in [5.41, 5.74) is 3.91. The predicted molar refractivity (Wildman–Crippen MR) is 124 cm³/mol. The minimum Gasteiger partial charge on any atom is -0.508 e. The fourth-order valence-corrected chi connectivity index (χ4v) is 4.40. The molecule has 0 aliphatic carbocycles. The number of phenols is 1. The maximum atomic E-state index is 9.77. The molecule has 0 saturated carbocycles. The van der Waals surface area contributed by atoms with Crippen molar-refractivity contribution in [2.75, 3.05) is 4.90 Å². The molecule has 0 bridgehead atoms. The quantitative estimate of drug-likeness (QED) is 0.465. The highest BCUT2D eigenvalue weighted by atomic mass is 32.1. The second-order valence-corrected chi connectivity index (χ2v) is 7.78.